The average molecular weight is 194 g/mol. The molecule has 0 saturated heterocycles. The van der Waals surface area contributed by atoms with Gasteiger partial charge < -0.3 is 14.6 Å². The quantitative estimate of drug-likeness (QED) is 0.450. The molecule has 4 nitrogen and oxygen atoms in total. The van der Waals surface area contributed by atoms with Crippen LogP contribution < -0.4 is 9.47 Å². The van der Waals surface area contributed by atoms with Crippen LogP contribution in [-0.2, 0) is 4.79 Å². The largest absolute Gasteiger partial charge is 0.508 e. The van der Waals surface area contributed by atoms with Crippen molar-refractivity contribution < 1.29 is 19.4 Å². The molecule has 1 rings (SSSR count). The monoisotopic (exact) mass is 194 g/mol. The number of rotatable bonds is 3. The number of phenols is 1. The van der Waals surface area contributed by atoms with Gasteiger partial charge in [-0.3, -0.25) is 0 Å². The van der Waals surface area contributed by atoms with E-state index in [1.165, 1.54) is 25.3 Å². The molecule has 1 aromatic carbocycles. The van der Waals surface area contributed by atoms with E-state index in [4.69, 9.17) is 14.6 Å². The number of phenolic OH excluding ortho intramolecular Hbond substituents is 1. The number of benzene rings is 1. The maximum atomic E-state index is 10.9. The predicted octanol–water partition coefficient (Wildman–Crippen LogP) is 1.49. The Morgan fingerprint density at radius 2 is 2.21 bits per heavy atom. The van der Waals surface area contributed by atoms with Gasteiger partial charge in [-0.25, -0.2) is 4.79 Å². The molecule has 14 heavy (non-hydrogen) atoms. The Labute approximate surface area is 81.4 Å². The van der Waals surface area contributed by atoms with Gasteiger partial charge >= 0.3 is 5.97 Å². The number of ether oxygens (including phenoxy) is 2. The number of aromatic hydroxyl groups is 1. The Morgan fingerprint density at radius 3 is 2.79 bits per heavy atom. The number of methoxy groups -OCH3 is 1. The van der Waals surface area contributed by atoms with Gasteiger partial charge in [-0.1, -0.05) is 6.58 Å². The number of hydrogen-bond donors (Lipinski definition) is 1. The lowest BCUT2D eigenvalue weighted by atomic mass is 10.3. The van der Waals surface area contributed by atoms with Crippen LogP contribution in [0.25, 0.3) is 0 Å². The first-order valence-corrected chi connectivity index (χ1v) is 3.88. The van der Waals surface area contributed by atoms with Gasteiger partial charge in [0, 0.05) is 12.1 Å². The van der Waals surface area contributed by atoms with E-state index in [1.54, 1.807) is 0 Å². The van der Waals surface area contributed by atoms with Crippen molar-refractivity contribution in [3.8, 4) is 17.2 Å². The third-order valence-electron chi connectivity index (χ3n) is 1.52. The lowest BCUT2D eigenvalue weighted by Crippen LogP contribution is -2.04. The van der Waals surface area contributed by atoms with E-state index in [9.17, 15) is 4.79 Å². The molecule has 0 aromatic heterocycles. The molecule has 74 valence electrons. The second kappa shape index (κ2) is 4.32. The Morgan fingerprint density at radius 1 is 1.50 bits per heavy atom. The molecule has 0 heterocycles. The van der Waals surface area contributed by atoms with E-state index in [0.29, 0.717) is 5.75 Å². The van der Waals surface area contributed by atoms with Gasteiger partial charge in [-0.15, -0.1) is 0 Å². The fraction of sp³-hybridized carbons (Fsp3) is 0.100. The molecule has 0 saturated carbocycles. The van der Waals surface area contributed by atoms with Crippen LogP contribution in [0.3, 0.4) is 0 Å². The van der Waals surface area contributed by atoms with Crippen LogP contribution in [0.4, 0.5) is 0 Å². The minimum Gasteiger partial charge on any atom is -0.508 e. The van der Waals surface area contributed by atoms with Gasteiger partial charge in [0.05, 0.1) is 7.11 Å². The molecule has 0 bridgehead atoms. The van der Waals surface area contributed by atoms with Crippen LogP contribution >= 0.6 is 0 Å². The van der Waals surface area contributed by atoms with Crippen LogP contribution in [-0.4, -0.2) is 18.2 Å². The van der Waals surface area contributed by atoms with E-state index in [1.807, 2.05) is 0 Å². The van der Waals surface area contributed by atoms with Gasteiger partial charge in [0.25, 0.3) is 0 Å². The molecular formula is C10H10O4. The van der Waals surface area contributed by atoms with Crippen molar-refractivity contribution in [3.63, 3.8) is 0 Å². The van der Waals surface area contributed by atoms with Crippen LogP contribution in [0.15, 0.2) is 30.9 Å². The minimum absolute atomic E-state index is 0.00216. The van der Waals surface area contributed by atoms with Crippen molar-refractivity contribution in [2.75, 3.05) is 7.11 Å². The van der Waals surface area contributed by atoms with Gasteiger partial charge in [0.2, 0.25) is 0 Å². The fourth-order valence-electron chi connectivity index (χ4n) is 0.895. The summed E-state index contributed by atoms with van der Waals surface area (Å²) in [6.45, 7) is 3.26. The number of hydrogen-bond acceptors (Lipinski definition) is 4. The van der Waals surface area contributed by atoms with Gasteiger partial charge in [-0.2, -0.15) is 0 Å². The second-order valence-electron chi connectivity index (χ2n) is 2.46. The summed E-state index contributed by atoms with van der Waals surface area (Å²) in [6, 6.07) is 4.23. The zero-order valence-electron chi connectivity index (χ0n) is 7.69. The third-order valence-corrected chi connectivity index (χ3v) is 1.52. The summed E-state index contributed by atoms with van der Waals surface area (Å²) in [5.74, 6) is -0.0676. The zero-order chi connectivity index (χ0) is 10.6. The lowest BCUT2D eigenvalue weighted by Gasteiger charge is -2.07. The molecule has 0 radical (unpaired) electrons. The van der Waals surface area contributed by atoms with Crippen molar-refractivity contribution in [3.05, 3.63) is 30.9 Å². The molecule has 1 aromatic rings. The minimum atomic E-state index is -0.603. The predicted molar refractivity (Wildman–Crippen MR) is 50.5 cm³/mol. The first kappa shape index (κ1) is 10.1. The molecule has 0 spiro atoms. The van der Waals surface area contributed by atoms with Gasteiger partial charge in [-0.05, 0) is 12.1 Å². The average Bonchev–Trinajstić information content (AvgIpc) is 2.18. The highest BCUT2D eigenvalue weighted by Gasteiger charge is 2.08. The van der Waals surface area contributed by atoms with Crippen LogP contribution in [0, 0.1) is 0 Å². The molecule has 0 fully saturated rings. The van der Waals surface area contributed by atoms with Crippen molar-refractivity contribution in [1.29, 1.82) is 0 Å². The fourth-order valence-corrected chi connectivity index (χ4v) is 0.895. The summed E-state index contributed by atoms with van der Waals surface area (Å²) in [7, 11) is 1.44. The molecular weight excluding hydrogens is 184 g/mol. The molecule has 1 N–H and O–H groups in total. The van der Waals surface area contributed by atoms with Gasteiger partial charge in [0.1, 0.15) is 5.75 Å². The molecule has 0 atom stereocenters. The summed E-state index contributed by atoms with van der Waals surface area (Å²) in [5.41, 5.74) is 0. The van der Waals surface area contributed by atoms with E-state index >= 15 is 0 Å². The van der Waals surface area contributed by atoms with Crippen LogP contribution in [0.1, 0.15) is 0 Å². The van der Waals surface area contributed by atoms with E-state index in [2.05, 4.69) is 6.58 Å². The number of carbonyl (C=O) groups is 1. The van der Waals surface area contributed by atoms with Crippen molar-refractivity contribution in [1.82, 2.24) is 0 Å². The third kappa shape index (κ3) is 2.26. The molecule has 0 unspecified atom stereocenters. The normalized spacial score (nSPS) is 9.21. The topological polar surface area (TPSA) is 55.8 Å². The SMILES string of the molecule is C=CC(=O)Oc1cc(O)ccc1OC. The first-order chi connectivity index (χ1) is 6.67. The number of esters is 1. The number of carbonyl (C=O) groups excluding carboxylic acids is 1. The highest BCUT2D eigenvalue weighted by molar-refractivity contribution is 5.83. The zero-order valence-corrected chi connectivity index (χ0v) is 7.69. The summed E-state index contributed by atoms with van der Waals surface area (Å²) in [6.07, 6.45) is 1.03. The van der Waals surface area contributed by atoms with E-state index in [-0.39, 0.29) is 11.5 Å². The maximum absolute atomic E-state index is 10.9. The van der Waals surface area contributed by atoms with Crippen LogP contribution in [0.2, 0.25) is 0 Å². The van der Waals surface area contributed by atoms with Crippen LogP contribution in [0.5, 0.6) is 17.2 Å². The summed E-state index contributed by atoms with van der Waals surface area (Å²) >= 11 is 0. The summed E-state index contributed by atoms with van der Waals surface area (Å²) < 4.78 is 9.75. The highest BCUT2D eigenvalue weighted by Crippen LogP contribution is 2.30. The Kier molecular flexibility index (Phi) is 3.12. The molecule has 0 aliphatic heterocycles. The molecule has 0 amide bonds. The van der Waals surface area contributed by atoms with Crippen molar-refractivity contribution in [2.24, 2.45) is 0 Å². The maximum Gasteiger partial charge on any atom is 0.335 e. The van der Waals surface area contributed by atoms with Crippen molar-refractivity contribution in [2.45, 2.75) is 0 Å². The molecule has 0 aliphatic rings. The van der Waals surface area contributed by atoms with E-state index < -0.39 is 5.97 Å². The van der Waals surface area contributed by atoms with Gasteiger partial charge in [0.15, 0.2) is 11.5 Å². The highest BCUT2D eigenvalue weighted by atomic mass is 16.6. The van der Waals surface area contributed by atoms with E-state index in [0.717, 1.165) is 6.08 Å². The lowest BCUT2D eigenvalue weighted by molar-refractivity contribution is -0.129. The molecule has 4 heteroatoms. The molecule has 0 aliphatic carbocycles. The Bertz CT molecular complexity index is 357. The standard InChI is InChI=1S/C10H10O4/c1-3-10(12)14-9-6-7(11)4-5-8(9)13-2/h3-6,11H,1H2,2H3. The second-order valence-corrected chi connectivity index (χ2v) is 2.46. The van der Waals surface area contributed by atoms with Crippen molar-refractivity contribution >= 4 is 5.97 Å². The smallest absolute Gasteiger partial charge is 0.335 e. The summed E-state index contributed by atoms with van der Waals surface area (Å²) in [4.78, 5) is 10.9. The Balaban J connectivity index is 2.98. The Hall–Kier alpha value is -1.97. The summed E-state index contributed by atoms with van der Waals surface area (Å²) in [5, 5.41) is 9.15. The first-order valence-electron chi connectivity index (χ1n) is 3.88.